The highest BCUT2D eigenvalue weighted by molar-refractivity contribution is 7.91. The summed E-state index contributed by atoms with van der Waals surface area (Å²) in [5.41, 5.74) is 1.77. The van der Waals surface area contributed by atoms with E-state index in [0.717, 1.165) is 16.9 Å². The van der Waals surface area contributed by atoms with Gasteiger partial charge in [0.15, 0.2) is 9.84 Å². The van der Waals surface area contributed by atoms with Gasteiger partial charge in [-0.1, -0.05) is 12.1 Å². The van der Waals surface area contributed by atoms with Crippen LogP contribution in [0.2, 0.25) is 0 Å². The number of sulfone groups is 1. The van der Waals surface area contributed by atoms with Gasteiger partial charge in [-0.2, -0.15) is 0 Å². The Labute approximate surface area is 131 Å². The number of hydrogen-bond acceptors (Lipinski definition) is 4. The number of amides is 1. The molecule has 0 aromatic heterocycles. The second-order valence-corrected chi connectivity index (χ2v) is 7.79. The van der Waals surface area contributed by atoms with Crippen molar-refractivity contribution in [3.63, 3.8) is 0 Å². The maximum absolute atomic E-state index is 12.3. The molecule has 5 nitrogen and oxygen atoms in total. The molecule has 1 aliphatic rings. The lowest BCUT2D eigenvalue weighted by atomic mass is 10.1. The minimum Gasteiger partial charge on any atom is -0.497 e. The maximum atomic E-state index is 12.3. The van der Waals surface area contributed by atoms with Gasteiger partial charge in [0.05, 0.1) is 18.6 Å². The topological polar surface area (TPSA) is 63.7 Å². The first kappa shape index (κ1) is 16.5. The van der Waals surface area contributed by atoms with E-state index in [-0.39, 0.29) is 23.5 Å². The number of nitrogens with zero attached hydrogens (tertiary/aromatic N) is 1. The van der Waals surface area contributed by atoms with Crippen LogP contribution < -0.4 is 4.74 Å². The third-order valence-corrected chi connectivity index (χ3v) is 5.74. The van der Waals surface area contributed by atoms with Gasteiger partial charge in [0.1, 0.15) is 5.75 Å². The summed E-state index contributed by atoms with van der Waals surface area (Å²) in [4.78, 5) is 13.8. The van der Waals surface area contributed by atoms with Crippen molar-refractivity contribution in [3.8, 4) is 5.75 Å². The molecule has 0 spiro atoms. The first-order valence-corrected chi connectivity index (χ1v) is 8.94. The molecular formula is C16H21NO4S. The lowest BCUT2D eigenvalue weighted by Gasteiger charge is -2.22. The van der Waals surface area contributed by atoms with Gasteiger partial charge in [-0.15, -0.1) is 0 Å². The van der Waals surface area contributed by atoms with Crippen LogP contribution in [0.4, 0.5) is 0 Å². The second kappa shape index (κ2) is 6.52. The van der Waals surface area contributed by atoms with Crippen molar-refractivity contribution in [1.29, 1.82) is 0 Å². The molecule has 1 atom stereocenters. The summed E-state index contributed by atoms with van der Waals surface area (Å²) in [5, 5.41) is 0. The highest BCUT2D eigenvalue weighted by Gasteiger charge is 2.32. The first-order chi connectivity index (χ1) is 10.3. The number of allylic oxidation sites excluding steroid dienone is 1. The average molecular weight is 323 g/mol. The van der Waals surface area contributed by atoms with Crippen molar-refractivity contribution >= 4 is 21.3 Å². The van der Waals surface area contributed by atoms with Crippen molar-refractivity contribution in [2.75, 3.05) is 25.7 Å². The number of ether oxygens (including phenoxy) is 1. The summed E-state index contributed by atoms with van der Waals surface area (Å²) in [6, 6.07) is 7.22. The molecule has 0 N–H and O–H groups in total. The van der Waals surface area contributed by atoms with Crippen molar-refractivity contribution in [3.05, 3.63) is 35.9 Å². The predicted molar refractivity (Wildman–Crippen MR) is 86.5 cm³/mol. The molecule has 1 aromatic rings. The molecule has 1 amide bonds. The zero-order chi connectivity index (χ0) is 16.3. The molecule has 0 bridgehead atoms. The van der Waals surface area contributed by atoms with E-state index in [2.05, 4.69) is 0 Å². The third-order valence-electron chi connectivity index (χ3n) is 3.99. The Kier molecular flexibility index (Phi) is 4.90. The summed E-state index contributed by atoms with van der Waals surface area (Å²) in [5.74, 6) is 0.813. The third kappa shape index (κ3) is 3.88. The Morgan fingerprint density at radius 1 is 1.32 bits per heavy atom. The van der Waals surface area contributed by atoms with E-state index in [1.165, 1.54) is 4.90 Å². The number of carbonyl (C=O) groups excluding carboxylic acids is 1. The molecule has 0 aliphatic carbocycles. The van der Waals surface area contributed by atoms with Crippen LogP contribution in [-0.4, -0.2) is 50.9 Å². The van der Waals surface area contributed by atoms with E-state index < -0.39 is 9.84 Å². The van der Waals surface area contributed by atoms with Crippen LogP contribution in [0.1, 0.15) is 18.9 Å². The van der Waals surface area contributed by atoms with Crippen LogP contribution in [0.25, 0.3) is 5.57 Å². The van der Waals surface area contributed by atoms with E-state index in [9.17, 15) is 13.2 Å². The zero-order valence-electron chi connectivity index (χ0n) is 13.1. The van der Waals surface area contributed by atoms with Gasteiger partial charge in [-0.25, -0.2) is 8.42 Å². The molecular weight excluding hydrogens is 302 g/mol. The Morgan fingerprint density at radius 2 is 1.95 bits per heavy atom. The monoisotopic (exact) mass is 323 g/mol. The minimum atomic E-state index is -2.99. The van der Waals surface area contributed by atoms with E-state index in [4.69, 9.17) is 4.74 Å². The lowest BCUT2D eigenvalue weighted by molar-refractivity contribution is -0.126. The van der Waals surface area contributed by atoms with Crippen LogP contribution in [0.3, 0.4) is 0 Å². The molecule has 6 heteroatoms. The van der Waals surface area contributed by atoms with Crippen molar-refractivity contribution in [2.24, 2.45) is 0 Å². The van der Waals surface area contributed by atoms with Crippen LogP contribution in [-0.2, 0) is 14.6 Å². The van der Waals surface area contributed by atoms with Crippen molar-refractivity contribution < 1.29 is 17.9 Å². The highest BCUT2D eigenvalue weighted by atomic mass is 32.2. The van der Waals surface area contributed by atoms with Crippen molar-refractivity contribution in [1.82, 2.24) is 4.90 Å². The fourth-order valence-electron chi connectivity index (χ4n) is 2.49. The summed E-state index contributed by atoms with van der Waals surface area (Å²) in [7, 11) is 0.271. The summed E-state index contributed by atoms with van der Waals surface area (Å²) >= 11 is 0. The van der Waals surface area contributed by atoms with Crippen LogP contribution in [0.15, 0.2) is 30.3 Å². The Balaban J connectivity index is 2.08. The fraction of sp³-hybridized carbons (Fsp3) is 0.438. The lowest BCUT2D eigenvalue weighted by Crippen LogP contribution is -2.36. The molecule has 1 fully saturated rings. The van der Waals surface area contributed by atoms with E-state index in [0.29, 0.717) is 6.42 Å². The molecule has 1 aromatic carbocycles. The standard InChI is InChI=1S/C16H21NO4S/c1-12(13-4-6-15(21-3)7-5-13)10-16(18)17(2)14-8-9-22(19,20)11-14/h4-7,10,14H,8-9,11H2,1-3H3/b12-10+. The van der Waals surface area contributed by atoms with Crippen LogP contribution in [0, 0.1) is 0 Å². The Hall–Kier alpha value is -1.82. The molecule has 22 heavy (non-hydrogen) atoms. The van der Waals surface area contributed by atoms with Gasteiger partial charge >= 0.3 is 0 Å². The van der Waals surface area contributed by atoms with Gasteiger partial charge in [0.2, 0.25) is 5.91 Å². The normalized spacial score (nSPS) is 20.7. The zero-order valence-corrected chi connectivity index (χ0v) is 13.9. The van der Waals surface area contributed by atoms with Crippen LogP contribution >= 0.6 is 0 Å². The maximum Gasteiger partial charge on any atom is 0.246 e. The summed E-state index contributed by atoms with van der Waals surface area (Å²) < 4.78 is 28.1. The quantitative estimate of drug-likeness (QED) is 0.792. The predicted octanol–water partition coefficient (Wildman–Crippen LogP) is 1.74. The summed E-state index contributed by atoms with van der Waals surface area (Å²) in [6.45, 7) is 1.86. The number of methoxy groups -OCH3 is 1. The number of likely N-dealkylation sites (N-methyl/N-ethyl adjacent to an activating group) is 1. The largest absolute Gasteiger partial charge is 0.497 e. The van der Waals surface area contributed by atoms with Crippen molar-refractivity contribution in [2.45, 2.75) is 19.4 Å². The van der Waals surface area contributed by atoms with E-state index in [1.54, 1.807) is 20.2 Å². The molecule has 1 aliphatic heterocycles. The average Bonchev–Trinajstić information content (AvgIpc) is 2.86. The Bertz CT molecular complexity index is 677. The summed E-state index contributed by atoms with van der Waals surface area (Å²) in [6.07, 6.45) is 2.06. The molecule has 0 saturated carbocycles. The van der Waals surface area contributed by atoms with Crippen LogP contribution in [0.5, 0.6) is 5.75 Å². The Morgan fingerprint density at radius 3 is 2.45 bits per heavy atom. The van der Waals surface area contributed by atoms with E-state index in [1.807, 2.05) is 31.2 Å². The molecule has 0 radical (unpaired) electrons. The minimum absolute atomic E-state index is 0.0602. The van der Waals surface area contributed by atoms with Gasteiger partial charge in [0, 0.05) is 19.2 Å². The molecule has 2 rings (SSSR count). The molecule has 120 valence electrons. The van der Waals surface area contributed by atoms with Gasteiger partial charge < -0.3 is 9.64 Å². The number of rotatable bonds is 4. The smallest absolute Gasteiger partial charge is 0.246 e. The van der Waals surface area contributed by atoms with Gasteiger partial charge in [0.25, 0.3) is 0 Å². The highest BCUT2D eigenvalue weighted by Crippen LogP contribution is 2.20. The second-order valence-electron chi connectivity index (χ2n) is 5.56. The fourth-order valence-corrected chi connectivity index (χ4v) is 4.26. The molecule has 1 unspecified atom stereocenters. The number of carbonyl (C=O) groups is 1. The SMILES string of the molecule is COc1ccc(/C(C)=C/C(=O)N(C)C2CCS(=O)(=O)C2)cc1. The molecule has 1 heterocycles. The van der Waals surface area contributed by atoms with E-state index >= 15 is 0 Å². The van der Waals surface area contributed by atoms with Gasteiger partial charge in [-0.05, 0) is 36.6 Å². The number of hydrogen-bond donors (Lipinski definition) is 0. The number of benzene rings is 1. The molecule has 1 saturated heterocycles. The van der Waals surface area contributed by atoms with Gasteiger partial charge in [-0.3, -0.25) is 4.79 Å². The first-order valence-electron chi connectivity index (χ1n) is 7.12.